The van der Waals surface area contributed by atoms with Crippen LogP contribution in [0.15, 0.2) is 34.9 Å². The number of rotatable bonds is 2. The molecule has 4 rings (SSSR count). The molecule has 0 aromatic carbocycles. The number of pyridine rings is 1. The maximum Gasteiger partial charge on any atom is 0.0948 e. The molecule has 1 aliphatic heterocycles. The third-order valence-electron chi connectivity index (χ3n) is 5.45. The van der Waals surface area contributed by atoms with Crippen molar-refractivity contribution in [3.63, 3.8) is 0 Å². The van der Waals surface area contributed by atoms with Gasteiger partial charge < -0.3 is 5.73 Å². The molecule has 2 aliphatic rings. The van der Waals surface area contributed by atoms with Crippen molar-refractivity contribution < 1.29 is 0 Å². The number of hydrogen-bond acceptors (Lipinski definition) is 4. The van der Waals surface area contributed by atoms with Gasteiger partial charge in [0.05, 0.1) is 11.4 Å². The van der Waals surface area contributed by atoms with Gasteiger partial charge in [-0.25, -0.2) is 0 Å². The predicted octanol–water partition coefficient (Wildman–Crippen LogP) is 4.72. The van der Waals surface area contributed by atoms with Crippen LogP contribution in [0.25, 0.3) is 11.1 Å². The molecule has 1 saturated carbocycles. The lowest BCUT2D eigenvalue weighted by Crippen LogP contribution is -2.23. The van der Waals surface area contributed by atoms with Gasteiger partial charge in [-0.05, 0) is 68.0 Å². The highest BCUT2D eigenvalue weighted by atomic mass is 32.1. The Balaban J connectivity index is 1.69. The molecule has 2 aromatic heterocycles. The fourth-order valence-corrected chi connectivity index (χ4v) is 4.98. The Labute approximate surface area is 153 Å². The van der Waals surface area contributed by atoms with E-state index in [4.69, 9.17) is 10.7 Å². The summed E-state index contributed by atoms with van der Waals surface area (Å²) in [5, 5.41) is 2.21. The molecule has 1 spiro atoms. The number of hydrogen-bond donors (Lipinski definition) is 1. The number of thiophene rings is 1. The first-order valence-electron chi connectivity index (χ1n) is 8.83. The van der Waals surface area contributed by atoms with Crippen LogP contribution in [-0.4, -0.2) is 10.8 Å². The van der Waals surface area contributed by atoms with Crippen molar-refractivity contribution in [2.75, 3.05) is 0 Å². The summed E-state index contributed by atoms with van der Waals surface area (Å²) in [5.41, 5.74) is 9.72. The number of nitrogens with zero attached hydrogens (tertiary/aromatic N) is 2. The van der Waals surface area contributed by atoms with Crippen LogP contribution in [-0.2, 0) is 5.54 Å². The SMILES string of the molecule is CC#Cc1cncc(-c2csc(C3(C)CC4(CCC(N)=N3)CC4)c2)c1. The van der Waals surface area contributed by atoms with Gasteiger partial charge in [0.1, 0.15) is 0 Å². The molecule has 0 bridgehead atoms. The molecule has 128 valence electrons. The van der Waals surface area contributed by atoms with Crippen LogP contribution in [0, 0.1) is 17.3 Å². The number of nitrogens with two attached hydrogens (primary N) is 1. The summed E-state index contributed by atoms with van der Waals surface area (Å²) in [4.78, 5) is 10.6. The Morgan fingerprint density at radius 1 is 1.16 bits per heavy atom. The van der Waals surface area contributed by atoms with Crippen LogP contribution in [0.5, 0.6) is 0 Å². The van der Waals surface area contributed by atoms with Crippen molar-refractivity contribution in [3.05, 3.63) is 40.3 Å². The topological polar surface area (TPSA) is 51.3 Å². The van der Waals surface area contributed by atoms with Gasteiger partial charge in [-0.2, -0.15) is 0 Å². The van der Waals surface area contributed by atoms with Crippen molar-refractivity contribution in [1.82, 2.24) is 4.98 Å². The second-order valence-corrected chi connectivity index (χ2v) is 8.50. The molecule has 25 heavy (non-hydrogen) atoms. The smallest absolute Gasteiger partial charge is 0.0948 e. The Morgan fingerprint density at radius 3 is 2.76 bits per heavy atom. The molecule has 4 heteroatoms. The van der Waals surface area contributed by atoms with Crippen molar-refractivity contribution >= 4 is 17.2 Å². The molecule has 1 fully saturated rings. The summed E-state index contributed by atoms with van der Waals surface area (Å²) in [6, 6.07) is 4.37. The first-order valence-corrected chi connectivity index (χ1v) is 9.71. The fraction of sp³-hybridized carbons (Fsp3) is 0.429. The first-order chi connectivity index (χ1) is 12.0. The summed E-state index contributed by atoms with van der Waals surface area (Å²) in [5.74, 6) is 6.82. The lowest BCUT2D eigenvalue weighted by molar-refractivity contribution is 0.332. The Hall–Kier alpha value is -2.12. The van der Waals surface area contributed by atoms with Gasteiger partial charge in [0, 0.05) is 34.8 Å². The minimum atomic E-state index is -0.200. The molecular weight excluding hydrogens is 326 g/mol. The van der Waals surface area contributed by atoms with Crippen LogP contribution >= 0.6 is 11.3 Å². The van der Waals surface area contributed by atoms with Crippen molar-refractivity contribution in [2.45, 2.75) is 51.5 Å². The van der Waals surface area contributed by atoms with Gasteiger partial charge in [0.2, 0.25) is 0 Å². The van der Waals surface area contributed by atoms with Crippen molar-refractivity contribution in [1.29, 1.82) is 0 Å². The van der Waals surface area contributed by atoms with Gasteiger partial charge in [0.15, 0.2) is 0 Å². The van der Waals surface area contributed by atoms with E-state index in [1.54, 1.807) is 11.3 Å². The average molecular weight is 350 g/mol. The molecule has 2 aromatic rings. The molecule has 1 atom stereocenters. The van der Waals surface area contributed by atoms with Gasteiger partial charge in [-0.3, -0.25) is 9.98 Å². The zero-order chi connectivity index (χ0) is 17.5. The standard InChI is InChI=1S/C21H23N3S/c1-3-4-15-9-16(12-23-11-15)17-10-18(25-13-17)20(2)14-21(7-8-21)6-5-19(22)24-20/h9-13H,5-8,14H2,1-2H3,(H2,22,24). The highest BCUT2D eigenvalue weighted by molar-refractivity contribution is 7.10. The summed E-state index contributed by atoms with van der Waals surface area (Å²) in [7, 11) is 0. The van der Waals surface area contributed by atoms with Crippen LogP contribution in [0.2, 0.25) is 0 Å². The molecule has 3 nitrogen and oxygen atoms in total. The minimum absolute atomic E-state index is 0.200. The third-order valence-corrected chi connectivity index (χ3v) is 6.63. The van der Waals surface area contributed by atoms with Crippen molar-refractivity contribution in [2.24, 2.45) is 16.1 Å². The highest BCUT2D eigenvalue weighted by Gasteiger charge is 2.49. The summed E-state index contributed by atoms with van der Waals surface area (Å²) in [6.45, 7) is 4.09. The van der Waals surface area contributed by atoms with E-state index in [0.717, 1.165) is 29.8 Å². The van der Waals surface area contributed by atoms with E-state index in [-0.39, 0.29) is 5.54 Å². The van der Waals surface area contributed by atoms with Crippen LogP contribution in [0.1, 0.15) is 56.4 Å². The van der Waals surface area contributed by atoms with E-state index in [1.807, 2.05) is 19.3 Å². The van der Waals surface area contributed by atoms with E-state index in [2.05, 4.69) is 41.3 Å². The summed E-state index contributed by atoms with van der Waals surface area (Å²) in [6.07, 6.45) is 9.61. The molecule has 3 heterocycles. The Morgan fingerprint density at radius 2 is 2.00 bits per heavy atom. The Bertz CT molecular complexity index is 895. The van der Waals surface area contributed by atoms with E-state index < -0.39 is 0 Å². The molecule has 0 saturated heterocycles. The largest absolute Gasteiger partial charge is 0.387 e. The van der Waals surface area contributed by atoms with Gasteiger partial charge in [0.25, 0.3) is 0 Å². The fourth-order valence-electron chi connectivity index (χ4n) is 3.95. The maximum atomic E-state index is 6.20. The van der Waals surface area contributed by atoms with E-state index in [1.165, 1.54) is 29.7 Å². The highest BCUT2D eigenvalue weighted by Crippen LogP contribution is 2.59. The summed E-state index contributed by atoms with van der Waals surface area (Å²) < 4.78 is 0. The molecule has 0 amide bonds. The second-order valence-electron chi connectivity index (χ2n) is 7.59. The maximum absolute atomic E-state index is 6.20. The van der Waals surface area contributed by atoms with Gasteiger partial charge in [-0.1, -0.05) is 5.92 Å². The normalized spacial score (nSPS) is 24.2. The van der Waals surface area contributed by atoms with E-state index in [0.29, 0.717) is 5.41 Å². The quantitative estimate of drug-likeness (QED) is 0.798. The van der Waals surface area contributed by atoms with Crippen LogP contribution in [0.3, 0.4) is 0 Å². The average Bonchev–Trinajstić information content (AvgIpc) is 3.18. The first kappa shape index (κ1) is 16.4. The van der Waals surface area contributed by atoms with Crippen molar-refractivity contribution in [3.8, 4) is 23.0 Å². The predicted molar refractivity (Wildman–Crippen MR) is 105 cm³/mol. The second kappa shape index (κ2) is 6.00. The molecule has 2 N–H and O–H groups in total. The van der Waals surface area contributed by atoms with Crippen LogP contribution in [0.4, 0.5) is 0 Å². The van der Waals surface area contributed by atoms with E-state index in [9.17, 15) is 0 Å². The zero-order valence-electron chi connectivity index (χ0n) is 14.8. The molecular formula is C21H23N3S. The van der Waals surface area contributed by atoms with E-state index >= 15 is 0 Å². The lowest BCUT2D eigenvalue weighted by atomic mass is 9.84. The number of aromatic nitrogens is 1. The van der Waals surface area contributed by atoms with Gasteiger partial charge >= 0.3 is 0 Å². The zero-order valence-corrected chi connectivity index (χ0v) is 15.6. The minimum Gasteiger partial charge on any atom is -0.387 e. The molecule has 1 unspecified atom stereocenters. The lowest BCUT2D eigenvalue weighted by Gasteiger charge is -2.27. The number of aliphatic imine (C=N–C) groups is 1. The monoisotopic (exact) mass is 349 g/mol. The molecule has 0 radical (unpaired) electrons. The third kappa shape index (κ3) is 3.21. The molecule has 1 aliphatic carbocycles. The summed E-state index contributed by atoms with van der Waals surface area (Å²) >= 11 is 1.78. The number of amidine groups is 1. The Kier molecular flexibility index (Phi) is 3.92. The van der Waals surface area contributed by atoms with Crippen LogP contribution < -0.4 is 5.73 Å². The van der Waals surface area contributed by atoms with Gasteiger partial charge in [-0.15, -0.1) is 17.3 Å².